The van der Waals surface area contributed by atoms with Gasteiger partial charge in [-0.15, -0.1) is 11.3 Å². The minimum atomic E-state index is -3.71. The van der Waals surface area contributed by atoms with E-state index < -0.39 is 10.0 Å². The molecular weight excluding hydrogens is 350 g/mol. The predicted molar refractivity (Wildman–Crippen MR) is 90.8 cm³/mol. The molecule has 1 N–H and O–H groups in total. The first-order valence-electron chi connectivity index (χ1n) is 7.32. The van der Waals surface area contributed by atoms with Gasteiger partial charge in [0, 0.05) is 12.3 Å². The average Bonchev–Trinajstić information content (AvgIpc) is 2.97. The summed E-state index contributed by atoms with van der Waals surface area (Å²) >= 11 is 1.47. The fourth-order valence-corrected chi connectivity index (χ4v) is 4.06. The molecule has 9 heteroatoms. The number of anilines is 1. The first-order valence-corrected chi connectivity index (χ1v) is 9.69. The van der Waals surface area contributed by atoms with Gasteiger partial charge in [-0.2, -0.15) is 0 Å². The monoisotopic (exact) mass is 367 g/mol. The van der Waals surface area contributed by atoms with Crippen LogP contribution < -0.4 is 14.4 Å². The van der Waals surface area contributed by atoms with E-state index in [4.69, 9.17) is 4.74 Å². The molecule has 1 aliphatic rings. The molecule has 1 aromatic carbocycles. The molecular formula is C15H17N3O4S2. The number of benzene rings is 1. The Kier molecular flexibility index (Phi) is 4.57. The Morgan fingerprint density at radius 3 is 2.92 bits per heavy atom. The molecule has 0 aliphatic carbocycles. The molecule has 0 fully saturated rings. The number of amides is 1. The van der Waals surface area contributed by atoms with Crippen LogP contribution in [0.3, 0.4) is 0 Å². The second-order valence-corrected chi connectivity index (χ2v) is 8.16. The number of carbonyl (C=O) groups excluding carboxylic acids is 1. The molecule has 0 unspecified atom stereocenters. The number of thiazole rings is 1. The van der Waals surface area contributed by atoms with Crippen molar-refractivity contribution in [3.8, 4) is 5.75 Å². The van der Waals surface area contributed by atoms with Crippen LogP contribution in [-0.2, 0) is 21.4 Å². The molecule has 0 atom stereocenters. The van der Waals surface area contributed by atoms with Crippen molar-refractivity contribution in [2.75, 3.05) is 18.1 Å². The van der Waals surface area contributed by atoms with Crippen molar-refractivity contribution >= 4 is 33.0 Å². The van der Waals surface area contributed by atoms with Crippen molar-refractivity contribution < 1.29 is 17.9 Å². The average molecular weight is 367 g/mol. The zero-order chi connectivity index (χ0) is 17.3. The standard InChI is InChI=1S/C15H17N3O4S2/c1-10-17-12(9-23-10)8-16-24(20,21)13-3-4-15-14(7-13)18(11(2)19)5-6-22-15/h3-4,7,9,16H,5-6,8H2,1-2H3. The quantitative estimate of drug-likeness (QED) is 0.888. The van der Waals surface area contributed by atoms with Crippen LogP contribution in [0.1, 0.15) is 17.6 Å². The third-order valence-electron chi connectivity index (χ3n) is 3.59. The van der Waals surface area contributed by atoms with Gasteiger partial charge in [-0.25, -0.2) is 18.1 Å². The number of aromatic nitrogens is 1. The summed E-state index contributed by atoms with van der Waals surface area (Å²) < 4.78 is 33.0. The molecule has 0 spiro atoms. The van der Waals surface area contributed by atoms with Crippen molar-refractivity contribution in [1.82, 2.24) is 9.71 Å². The summed E-state index contributed by atoms with van der Waals surface area (Å²) in [6, 6.07) is 4.51. The van der Waals surface area contributed by atoms with Crippen LogP contribution in [0.15, 0.2) is 28.5 Å². The summed E-state index contributed by atoms with van der Waals surface area (Å²) in [5, 5.41) is 2.70. The fraction of sp³-hybridized carbons (Fsp3) is 0.333. The van der Waals surface area contributed by atoms with Crippen molar-refractivity contribution in [2.24, 2.45) is 0 Å². The van der Waals surface area contributed by atoms with Crippen LogP contribution in [0, 0.1) is 6.92 Å². The van der Waals surface area contributed by atoms with Gasteiger partial charge in [-0.1, -0.05) is 0 Å². The minimum absolute atomic E-state index is 0.0879. The molecule has 2 aromatic rings. The summed E-state index contributed by atoms with van der Waals surface area (Å²) in [4.78, 5) is 17.6. The molecule has 1 aliphatic heterocycles. The van der Waals surface area contributed by atoms with Crippen molar-refractivity contribution in [3.63, 3.8) is 0 Å². The van der Waals surface area contributed by atoms with E-state index >= 15 is 0 Å². The molecule has 3 rings (SSSR count). The normalized spacial score (nSPS) is 14.2. The lowest BCUT2D eigenvalue weighted by atomic mass is 10.2. The van der Waals surface area contributed by atoms with Gasteiger partial charge >= 0.3 is 0 Å². The first kappa shape index (κ1) is 16.9. The van der Waals surface area contributed by atoms with Gasteiger partial charge in [-0.3, -0.25) is 4.79 Å². The van der Waals surface area contributed by atoms with E-state index in [1.807, 2.05) is 12.3 Å². The molecule has 2 heterocycles. The summed E-state index contributed by atoms with van der Waals surface area (Å²) in [5.41, 5.74) is 1.15. The number of hydrogen-bond donors (Lipinski definition) is 1. The van der Waals surface area contributed by atoms with E-state index in [-0.39, 0.29) is 17.3 Å². The zero-order valence-electron chi connectivity index (χ0n) is 13.3. The number of nitrogens with zero attached hydrogens (tertiary/aromatic N) is 2. The Hall–Kier alpha value is -1.97. The molecule has 1 amide bonds. The maximum absolute atomic E-state index is 12.5. The Balaban J connectivity index is 1.85. The Labute approximate surface area is 144 Å². The number of hydrogen-bond acceptors (Lipinski definition) is 6. The maximum Gasteiger partial charge on any atom is 0.241 e. The molecule has 0 saturated heterocycles. The van der Waals surface area contributed by atoms with E-state index in [2.05, 4.69) is 9.71 Å². The van der Waals surface area contributed by atoms with E-state index in [0.29, 0.717) is 30.3 Å². The van der Waals surface area contributed by atoms with E-state index in [9.17, 15) is 13.2 Å². The topological polar surface area (TPSA) is 88.6 Å². The van der Waals surface area contributed by atoms with Gasteiger partial charge < -0.3 is 9.64 Å². The lowest BCUT2D eigenvalue weighted by molar-refractivity contribution is -0.116. The summed E-state index contributed by atoms with van der Waals surface area (Å²) in [5.74, 6) is 0.352. The van der Waals surface area contributed by atoms with Crippen LogP contribution in [0.2, 0.25) is 0 Å². The Bertz CT molecular complexity index is 877. The predicted octanol–water partition coefficient (Wildman–Crippen LogP) is 1.68. The van der Waals surface area contributed by atoms with Crippen LogP contribution >= 0.6 is 11.3 Å². The van der Waals surface area contributed by atoms with Crippen LogP contribution in [0.25, 0.3) is 0 Å². The zero-order valence-corrected chi connectivity index (χ0v) is 14.9. The molecule has 128 valence electrons. The number of aryl methyl sites for hydroxylation is 1. The number of ether oxygens (including phenoxy) is 1. The maximum atomic E-state index is 12.5. The van der Waals surface area contributed by atoms with Gasteiger partial charge in [0.25, 0.3) is 0 Å². The van der Waals surface area contributed by atoms with Crippen LogP contribution in [0.4, 0.5) is 5.69 Å². The molecule has 0 radical (unpaired) electrons. The highest BCUT2D eigenvalue weighted by Gasteiger charge is 2.24. The number of sulfonamides is 1. The van der Waals surface area contributed by atoms with Gasteiger partial charge in [0.15, 0.2) is 0 Å². The first-order chi connectivity index (χ1) is 11.4. The highest BCUT2D eigenvalue weighted by atomic mass is 32.2. The second-order valence-electron chi connectivity index (χ2n) is 5.33. The highest BCUT2D eigenvalue weighted by molar-refractivity contribution is 7.89. The van der Waals surface area contributed by atoms with E-state index in [0.717, 1.165) is 5.01 Å². The van der Waals surface area contributed by atoms with E-state index in [1.54, 1.807) is 6.07 Å². The third-order valence-corrected chi connectivity index (χ3v) is 5.82. The fourth-order valence-electron chi connectivity index (χ4n) is 2.43. The number of nitrogens with one attached hydrogen (secondary N) is 1. The molecule has 0 saturated carbocycles. The summed E-state index contributed by atoms with van der Waals surface area (Å²) in [6.07, 6.45) is 0. The SMILES string of the molecule is CC(=O)N1CCOc2ccc(S(=O)(=O)NCc3csc(C)n3)cc21. The molecule has 7 nitrogen and oxygen atoms in total. The summed E-state index contributed by atoms with van der Waals surface area (Å²) in [6.45, 7) is 4.22. The number of fused-ring (bicyclic) bond motifs is 1. The second kappa shape index (κ2) is 6.50. The summed E-state index contributed by atoms with van der Waals surface area (Å²) in [7, 11) is -3.71. The van der Waals surface area contributed by atoms with Gasteiger partial charge in [0.1, 0.15) is 12.4 Å². The van der Waals surface area contributed by atoms with Crippen LogP contribution in [0.5, 0.6) is 5.75 Å². The Morgan fingerprint density at radius 1 is 1.46 bits per heavy atom. The van der Waals surface area contributed by atoms with Crippen molar-refractivity contribution in [1.29, 1.82) is 0 Å². The molecule has 0 bridgehead atoms. The van der Waals surface area contributed by atoms with Gasteiger partial charge in [0.2, 0.25) is 15.9 Å². The largest absolute Gasteiger partial charge is 0.490 e. The van der Waals surface area contributed by atoms with Crippen molar-refractivity contribution in [2.45, 2.75) is 25.3 Å². The van der Waals surface area contributed by atoms with Crippen LogP contribution in [-0.4, -0.2) is 32.5 Å². The molecule has 24 heavy (non-hydrogen) atoms. The van der Waals surface area contributed by atoms with Gasteiger partial charge in [-0.05, 0) is 25.1 Å². The smallest absolute Gasteiger partial charge is 0.241 e. The third kappa shape index (κ3) is 3.42. The minimum Gasteiger partial charge on any atom is -0.490 e. The Morgan fingerprint density at radius 2 is 2.25 bits per heavy atom. The number of rotatable bonds is 4. The lowest BCUT2D eigenvalue weighted by Crippen LogP contribution is -2.36. The number of carbonyl (C=O) groups is 1. The lowest BCUT2D eigenvalue weighted by Gasteiger charge is -2.29. The highest BCUT2D eigenvalue weighted by Crippen LogP contribution is 2.33. The van der Waals surface area contributed by atoms with Crippen molar-refractivity contribution in [3.05, 3.63) is 34.3 Å². The molecule has 1 aromatic heterocycles. The van der Waals surface area contributed by atoms with E-state index in [1.165, 1.54) is 35.3 Å². The van der Waals surface area contributed by atoms with Gasteiger partial charge in [0.05, 0.1) is 34.4 Å².